The molecule has 1 unspecified atom stereocenters. The second-order valence-corrected chi connectivity index (χ2v) is 17.6. The number of hydrogen-bond donors (Lipinski definition) is 2. The number of anilines is 3. The number of nitrogens with zero attached hydrogens (tertiary/aromatic N) is 10. The van der Waals surface area contributed by atoms with E-state index in [0.717, 1.165) is 69.4 Å². The lowest BCUT2D eigenvalue weighted by molar-refractivity contribution is -0.135. The van der Waals surface area contributed by atoms with Gasteiger partial charge in [0.2, 0.25) is 11.8 Å². The molecule has 1 aliphatic carbocycles. The molecule has 0 radical (unpaired) electrons. The van der Waals surface area contributed by atoms with E-state index < -0.39 is 30.0 Å². The van der Waals surface area contributed by atoms with Crippen LogP contribution in [0.1, 0.15) is 99.8 Å². The lowest BCUT2D eigenvalue weighted by Gasteiger charge is -2.40. The number of hydrogen-bond acceptors (Lipinski definition) is 11. The molecule has 4 fully saturated rings. The fourth-order valence-corrected chi connectivity index (χ4v) is 10.2. The first-order valence-electron chi connectivity index (χ1n) is 21.7. The van der Waals surface area contributed by atoms with Crippen molar-refractivity contribution >= 4 is 51.6 Å². The molecule has 0 bridgehead atoms. The van der Waals surface area contributed by atoms with Gasteiger partial charge < -0.3 is 24.8 Å². The molecule has 2 N–H and O–H groups in total. The van der Waals surface area contributed by atoms with Crippen LogP contribution in [0.15, 0.2) is 47.7 Å². The molecule has 3 aliphatic heterocycles. The number of halogens is 2. The summed E-state index contributed by atoms with van der Waals surface area (Å²) in [5.41, 5.74) is 2.18. The summed E-state index contributed by atoms with van der Waals surface area (Å²) in [5.74, 6) is -0.215. The summed E-state index contributed by atoms with van der Waals surface area (Å²) in [6.45, 7) is 7.85. The van der Waals surface area contributed by atoms with Crippen LogP contribution in [-0.4, -0.2) is 114 Å². The quantitative estimate of drug-likeness (QED) is 0.187. The van der Waals surface area contributed by atoms with Crippen LogP contribution in [0.25, 0.3) is 16.7 Å². The zero-order chi connectivity index (χ0) is 43.4. The fourth-order valence-electron chi connectivity index (χ4n) is 10.2. The highest BCUT2D eigenvalue weighted by atomic mass is 19.3. The van der Waals surface area contributed by atoms with E-state index in [9.17, 15) is 28.0 Å². The SMILES string of the molecule is C[C@@H]1CN(c2ccn3ncc(C(=O)Nc4cn(C5CCC(CN(C)C6CCN(c7cccc8c7n(C)c(=O)n8C7CCC(=O)NC7=O)CC6)CC5)nc4C(F)F)c3n2)C[C@H](C)O1. The first kappa shape index (κ1) is 41.7. The van der Waals surface area contributed by atoms with Crippen molar-refractivity contribution in [2.24, 2.45) is 13.0 Å². The number of imide groups is 1. The Morgan fingerprint density at radius 2 is 1.74 bits per heavy atom. The van der Waals surface area contributed by atoms with E-state index in [4.69, 9.17) is 9.72 Å². The Balaban J connectivity index is 0.802. The number of alkyl halides is 2. The smallest absolute Gasteiger partial charge is 0.329 e. The Labute approximate surface area is 357 Å². The molecule has 4 aliphatic rings. The maximum atomic E-state index is 14.4. The molecular weight excluding hydrogens is 803 g/mol. The summed E-state index contributed by atoms with van der Waals surface area (Å²) in [5, 5.41) is 13.7. The van der Waals surface area contributed by atoms with Crippen molar-refractivity contribution in [2.75, 3.05) is 54.9 Å². The van der Waals surface area contributed by atoms with Gasteiger partial charge in [0.05, 0.1) is 46.9 Å². The van der Waals surface area contributed by atoms with Crippen LogP contribution >= 0.6 is 0 Å². The van der Waals surface area contributed by atoms with Gasteiger partial charge in [0.1, 0.15) is 17.4 Å². The molecule has 4 aromatic heterocycles. The van der Waals surface area contributed by atoms with Gasteiger partial charge in [0, 0.05) is 64.6 Å². The van der Waals surface area contributed by atoms with Gasteiger partial charge in [0.15, 0.2) is 11.3 Å². The summed E-state index contributed by atoms with van der Waals surface area (Å²) >= 11 is 0. The van der Waals surface area contributed by atoms with Crippen LogP contribution in [-0.2, 0) is 21.4 Å². The van der Waals surface area contributed by atoms with Crippen molar-refractivity contribution in [3.8, 4) is 0 Å². The molecule has 19 heteroatoms. The summed E-state index contributed by atoms with van der Waals surface area (Å²) in [4.78, 5) is 63.2. The third-order valence-corrected chi connectivity index (χ3v) is 13.3. The molecule has 3 amide bonds. The summed E-state index contributed by atoms with van der Waals surface area (Å²) in [6, 6.07) is 7.24. The van der Waals surface area contributed by atoms with Crippen LogP contribution < -0.4 is 26.1 Å². The maximum Gasteiger partial charge on any atom is 0.329 e. The van der Waals surface area contributed by atoms with E-state index in [-0.39, 0.29) is 53.9 Å². The van der Waals surface area contributed by atoms with Crippen LogP contribution in [0.2, 0.25) is 0 Å². The fraction of sp³-hybridized carbons (Fsp3) is 0.558. The highest BCUT2D eigenvalue weighted by molar-refractivity contribution is 6.08. The van der Waals surface area contributed by atoms with Crippen molar-refractivity contribution in [1.29, 1.82) is 0 Å². The number of carbonyl (C=O) groups is 3. The number of morpholine rings is 1. The molecule has 1 saturated carbocycles. The van der Waals surface area contributed by atoms with E-state index in [2.05, 4.69) is 42.6 Å². The number of para-hydroxylation sites is 1. The van der Waals surface area contributed by atoms with E-state index in [1.165, 1.54) is 21.5 Å². The monoisotopic (exact) mass is 856 g/mol. The van der Waals surface area contributed by atoms with Crippen LogP contribution in [0.4, 0.5) is 26.0 Å². The molecule has 3 atom stereocenters. The van der Waals surface area contributed by atoms with Gasteiger partial charge >= 0.3 is 5.69 Å². The number of benzene rings is 1. The summed E-state index contributed by atoms with van der Waals surface area (Å²) in [7, 11) is 3.91. The molecule has 1 aromatic carbocycles. The van der Waals surface area contributed by atoms with Crippen LogP contribution in [0, 0.1) is 5.92 Å². The van der Waals surface area contributed by atoms with E-state index >= 15 is 0 Å². The van der Waals surface area contributed by atoms with Crippen molar-refractivity contribution in [3.05, 3.63) is 64.6 Å². The van der Waals surface area contributed by atoms with E-state index in [1.54, 1.807) is 22.5 Å². The summed E-state index contributed by atoms with van der Waals surface area (Å²) < 4.78 is 40.8. The lowest BCUT2D eigenvalue weighted by atomic mass is 9.85. The number of aromatic nitrogens is 7. The Morgan fingerprint density at radius 3 is 2.45 bits per heavy atom. The standard InChI is InChI=1S/C43H54F2N12O5/c1-25-21-54(22-26(2)62-25)35-16-19-55-40(48-35)30(20-46-55)41(59)47-31-24-56(50-37(31)39(44)45)29-10-8-27(9-11-29)23-51(3)28-14-17-53(18-15-28)32-6-5-7-33-38(32)52(4)43(61)57(33)34-12-13-36(58)49-42(34)60/h5-7,16,19-20,24-29,34,39H,8-15,17-18,21-23H2,1-4H3,(H,47,59)(H,49,58,60)/t25-,26+,27?,29?,34?. The van der Waals surface area contributed by atoms with Gasteiger partial charge in [-0.2, -0.15) is 10.2 Å². The van der Waals surface area contributed by atoms with Gasteiger partial charge in [-0.3, -0.25) is 33.5 Å². The predicted octanol–water partition coefficient (Wildman–Crippen LogP) is 4.69. The van der Waals surface area contributed by atoms with Gasteiger partial charge in [-0.25, -0.2) is 23.1 Å². The summed E-state index contributed by atoms with van der Waals surface area (Å²) in [6.07, 6.45) is 7.64. The topological polar surface area (TPSA) is 169 Å². The molecule has 3 saturated heterocycles. The third kappa shape index (κ3) is 7.95. The van der Waals surface area contributed by atoms with Gasteiger partial charge in [0.25, 0.3) is 12.3 Å². The van der Waals surface area contributed by atoms with E-state index in [1.807, 2.05) is 38.1 Å². The Morgan fingerprint density at radius 1 is 1.00 bits per heavy atom. The minimum Gasteiger partial charge on any atom is -0.372 e. The largest absolute Gasteiger partial charge is 0.372 e. The average Bonchev–Trinajstić information content (AvgIpc) is 3.95. The van der Waals surface area contributed by atoms with E-state index in [0.29, 0.717) is 42.0 Å². The highest BCUT2D eigenvalue weighted by Gasteiger charge is 2.34. The van der Waals surface area contributed by atoms with Gasteiger partial charge in [-0.05, 0) is 90.0 Å². The molecule has 9 rings (SSSR count). The number of nitrogens with one attached hydrogen (secondary N) is 2. The molecule has 62 heavy (non-hydrogen) atoms. The van der Waals surface area contributed by atoms with Gasteiger partial charge in [-0.15, -0.1) is 0 Å². The normalized spacial score (nSPS) is 24.2. The number of fused-ring (bicyclic) bond motifs is 2. The molecule has 17 nitrogen and oxygen atoms in total. The lowest BCUT2D eigenvalue weighted by Crippen LogP contribution is -2.45. The average molecular weight is 857 g/mol. The Bertz CT molecular complexity index is 2540. The molecule has 330 valence electrons. The molecule has 5 aromatic rings. The third-order valence-electron chi connectivity index (χ3n) is 13.3. The number of amides is 3. The predicted molar refractivity (Wildman–Crippen MR) is 228 cm³/mol. The van der Waals surface area contributed by atoms with Crippen molar-refractivity contribution in [1.82, 2.24) is 43.7 Å². The van der Waals surface area contributed by atoms with Crippen LogP contribution in [0.3, 0.4) is 0 Å². The minimum absolute atomic E-state index is 0.0186. The second kappa shape index (κ2) is 16.9. The minimum atomic E-state index is -2.87. The maximum absolute atomic E-state index is 14.4. The number of imidazole rings is 1. The van der Waals surface area contributed by atoms with Crippen molar-refractivity contribution in [2.45, 2.75) is 102 Å². The van der Waals surface area contributed by atoms with Crippen molar-refractivity contribution < 1.29 is 27.9 Å². The number of rotatable bonds is 10. The first-order valence-corrected chi connectivity index (χ1v) is 21.7. The number of carbonyl (C=O) groups excluding carboxylic acids is 3. The molecule has 0 spiro atoms. The number of ether oxygens (including phenoxy) is 1. The van der Waals surface area contributed by atoms with Crippen molar-refractivity contribution in [3.63, 3.8) is 0 Å². The highest BCUT2D eigenvalue weighted by Crippen LogP contribution is 2.37. The molecular formula is C43H54F2N12O5. The zero-order valence-electron chi connectivity index (χ0n) is 35.5. The van der Waals surface area contributed by atoms with Crippen LogP contribution in [0.5, 0.6) is 0 Å². The first-order chi connectivity index (χ1) is 29.8. The number of aryl methyl sites for hydroxylation is 1. The Kier molecular flexibility index (Phi) is 11.3. The molecule has 7 heterocycles. The number of piperidine rings is 2. The Hall–Kier alpha value is -5.69. The second-order valence-electron chi connectivity index (χ2n) is 17.6. The zero-order valence-corrected chi connectivity index (χ0v) is 35.5. The van der Waals surface area contributed by atoms with Gasteiger partial charge in [-0.1, -0.05) is 6.07 Å².